The van der Waals surface area contributed by atoms with Gasteiger partial charge in [-0.05, 0) is 49.6 Å². The molecule has 0 amide bonds. The number of likely N-dealkylation sites (N-methyl/N-ethyl adjacent to an activating group) is 1. The molecule has 18 heavy (non-hydrogen) atoms. The third kappa shape index (κ3) is 3.30. The molecule has 2 unspecified atom stereocenters. The first-order valence-electron chi connectivity index (χ1n) is 6.77. The van der Waals surface area contributed by atoms with E-state index in [0.29, 0.717) is 12.0 Å². The van der Waals surface area contributed by atoms with Crippen LogP contribution in [0.5, 0.6) is 0 Å². The van der Waals surface area contributed by atoms with Gasteiger partial charge in [-0.3, -0.25) is 0 Å². The molecule has 0 saturated carbocycles. The van der Waals surface area contributed by atoms with Crippen molar-refractivity contribution in [3.05, 3.63) is 35.1 Å². The summed E-state index contributed by atoms with van der Waals surface area (Å²) in [4.78, 5) is 0. The fourth-order valence-electron chi connectivity index (χ4n) is 2.63. The van der Waals surface area contributed by atoms with Crippen molar-refractivity contribution < 1.29 is 9.13 Å². The SMILES string of the molecule is CCNC(Cc1cc(F)ccc1C)C1CCOC1. The van der Waals surface area contributed by atoms with Crippen LogP contribution in [0.4, 0.5) is 4.39 Å². The second-order valence-electron chi connectivity index (χ2n) is 5.06. The van der Waals surface area contributed by atoms with Crippen LogP contribution < -0.4 is 5.32 Å². The molecule has 1 fully saturated rings. The minimum absolute atomic E-state index is 0.145. The zero-order valence-corrected chi connectivity index (χ0v) is 11.2. The van der Waals surface area contributed by atoms with Crippen LogP contribution in [0.15, 0.2) is 18.2 Å². The van der Waals surface area contributed by atoms with E-state index in [0.717, 1.165) is 38.2 Å². The number of rotatable bonds is 5. The normalized spacial score (nSPS) is 21.2. The van der Waals surface area contributed by atoms with Crippen molar-refractivity contribution in [2.45, 2.75) is 32.7 Å². The molecule has 0 aliphatic carbocycles. The van der Waals surface area contributed by atoms with Crippen LogP contribution in [-0.4, -0.2) is 25.8 Å². The fraction of sp³-hybridized carbons (Fsp3) is 0.600. The highest BCUT2D eigenvalue weighted by Gasteiger charge is 2.25. The molecular weight excluding hydrogens is 229 g/mol. The number of benzene rings is 1. The second-order valence-corrected chi connectivity index (χ2v) is 5.06. The van der Waals surface area contributed by atoms with Gasteiger partial charge < -0.3 is 10.1 Å². The van der Waals surface area contributed by atoms with Crippen LogP contribution in [0.25, 0.3) is 0 Å². The van der Waals surface area contributed by atoms with Gasteiger partial charge in [-0.2, -0.15) is 0 Å². The van der Waals surface area contributed by atoms with Gasteiger partial charge in [0, 0.05) is 18.6 Å². The molecule has 1 aromatic carbocycles. The van der Waals surface area contributed by atoms with Gasteiger partial charge in [-0.25, -0.2) is 4.39 Å². The minimum Gasteiger partial charge on any atom is -0.381 e. The molecule has 3 heteroatoms. The van der Waals surface area contributed by atoms with Crippen LogP contribution in [0.1, 0.15) is 24.5 Å². The summed E-state index contributed by atoms with van der Waals surface area (Å²) < 4.78 is 18.8. The van der Waals surface area contributed by atoms with Gasteiger partial charge in [0.2, 0.25) is 0 Å². The maximum absolute atomic E-state index is 13.3. The Balaban J connectivity index is 2.09. The first kappa shape index (κ1) is 13.5. The van der Waals surface area contributed by atoms with E-state index in [-0.39, 0.29) is 5.82 Å². The molecule has 0 radical (unpaired) electrons. The number of aryl methyl sites for hydroxylation is 1. The highest BCUT2D eigenvalue weighted by Crippen LogP contribution is 2.21. The lowest BCUT2D eigenvalue weighted by Gasteiger charge is -2.24. The third-order valence-electron chi connectivity index (χ3n) is 3.75. The molecule has 1 aliphatic heterocycles. The monoisotopic (exact) mass is 251 g/mol. The highest BCUT2D eigenvalue weighted by atomic mass is 19.1. The zero-order valence-electron chi connectivity index (χ0n) is 11.2. The molecule has 2 atom stereocenters. The lowest BCUT2D eigenvalue weighted by Crippen LogP contribution is -2.38. The first-order chi connectivity index (χ1) is 8.70. The maximum Gasteiger partial charge on any atom is 0.123 e. The number of hydrogen-bond acceptors (Lipinski definition) is 2. The Kier molecular flexibility index (Phi) is 4.72. The lowest BCUT2D eigenvalue weighted by molar-refractivity contribution is 0.176. The van der Waals surface area contributed by atoms with Crippen molar-refractivity contribution in [3.63, 3.8) is 0 Å². The Morgan fingerprint density at radius 2 is 2.33 bits per heavy atom. The van der Waals surface area contributed by atoms with Crippen LogP contribution in [-0.2, 0) is 11.2 Å². The van der Waals surface area contributed by atoms with Crippen molar-refractivity contribution >= 4 is 0 Å². The number of nitrogens with one attached hydrogen (secondary N) is 1. The van der Waals surface area contributed by atoms with Gasteiger partial charge >= 0.3 is 0 Å². The summed E-state index contributed by atoms with van der Waals surface area (Å²) in [6, 6.07) is 5.44. The fourth-order valence-corrected chi connectivity index (χ4v) is 2.63. The van der Waals surface area contributed by atoms with Crippen LogP contribution in [0, 0.1) is 18.7 Å². The van der Waals surface area contributed by atoms with Gasteiger partial charge in [0.15, 0.2) is 0 Å². The maximum atomic E-state index is 13.3. The van der Waals surface area contributed by atoms with E-state index in [2.05, 4.69) is 12.2 Å². The standard InChI is InChI=1S/C15H22FNO/c1-3-17-15(12-6-7-18-10-12)9-13-8-14(16)5-4-11(13)2/h4-5,8,12,15,17H,3,6-7,9-10H2,1-2H3. The Hall–Kier alpha value is -0.930. The molecule has 1 saturated heterocycles. The van der Waals surface area contributed by atoms with Crippen molar-refractivity contribution in [2.24, 2.45) is 5.92 Å². The van der Waals surface area contributed by atoms with Crippen LogP contribution >= 0.6 is 0 Å². The van der Waals surface area contributed by atoms with E-state index in [9.17, 15) is 4.39 Å². The number of halogens is 1. The molecule has 1 heterocycles. The summed E-state index contributed by atoms with van der Waals surface area (Å²) in [5, 5.41) is 3.52. The molecular formula is C15H22FNO. The number of hydrogen-bond donors (Lipinski definition) is 1. The van der Waals surface area contributed by atoms with Crippen molar-refractivity contribution in [3.8, 4) is 0 Å². The van der Waals surface area contributed by atoms with Crippen molar-refractivity contribution in [2.75, 3.05) is 19.8 Å². The molecule has 2 rings (SSSR count). The quantitative estimate of drug-likeness (QED) is 0.868. The largest absolute Gasteiger partial charge is 0.381 e. The van der Waals surface area contributed by atoms with Gasteiger partial charge in [-0.1, -0.05) is 13.0 Å². The van der Waals surface area contributed by atoms with Crippen LogP contribution in [0.3, 0.4) is 0 Å². The van der Waals surface area contributed by atoms with Gasteiger partial charge in [-0.15, -0.1) is 0 Å². The van der Waals surface area contributed by atoms with E-state index < -0.39 is 0 Å². The Labute approximate surface area is 109 Å². The number of ether oxygens (including phenoxy) is 1. The van der Waals surface area contributed by atoms with E-state index in [1.807, 2.05) is 13.0 Å². The molecule has 100 valence electrons. The summed E-state index contributed by atoms with van der Waals surface area (Å²) >= 11 is 0. The zero-order chi connectivity index (χ0) is 13.0. The smallest absolute Gasteiger partial charge is 0.123 e. The van der Waals surface area contributed by atoms with E-state index in [4.69, 9.17) is 4.74 Å². The van der Waals surface area contributed by atoms with E-state index in [1.54, 1.807) is 6.07 Å². The van der Waals surface area contributed by atoms with Gasteiger partial charge in [0.1, 0.15) is 5.82 Å². The topological polar surface area (TPSA) is 21.3 Å². The summed E-state index contributed by atoms with van der Waals surface area (Å²) in [7, 11) is 0. The highest BCUT2D eigenvalue weighted by molar-refractivity contribution is 5.27. The predicted molar refractivity (Wildman–Crippen MR) is 71.2 cm³/mol. The summed E-state index contributed by atoms with van der Waals surface area (Å²) in [5.74, 6) is 0.404. The van der Waals surface area contributed by atoms with E-state index in [1.165, 1.54) is 11.6 Å². The molecule has 0 spiro atoms. The molecule has 1 aromatic rings. The molecule has 2 nitrogen and oxygen atoms in total. The average Bonchev–Trinajstić information content (AvgIpc) is 2.87. The minimum atomic E-state index is -0.145. The Morgan fingerprint density at radius 1 is 1.50 bits per heavy atom. The summed E-state index contributed by atoms with van der Waals surface area (Å²) in [5.41, 5.74) is 2.27. The summed E-state index contributed by atoms with van der Waals surface area (Å²) in [6.45, 7) is 6.78. The summed E-state index contributed by atoms with van der Waals surface area (Å²) in [6.07, 6.45) is 1.98. The Bertz CT molecular complexity index is 388. The van der Waals surface area contributed by atoms with Gasteiger partial charge in [0.25, 0.3) is 0 Å². The van der Waals surface area contributed by atoms with Crippen molar-refractivity contribution in [1.29, 1.82) is 0 Å². The first-order valence-corrected chi connectivity index (χ1v) is 6.77. The lowest BCUT2D eigenvalue weighted by atomic mass is 9.91. The Morgan fingerprint density at radius 3 is 3.00 bits per heavy atom. The van der Waals surface area contributed by atoms with Crippen molar-refractivity contribution in [1.82, 2.24) is 5.32 Å². The molecule has 0 aromatic heterocycles. The second kappa shape index (κ2) is 6.30. The third-order valence-corrected chi connectivity index (χ3v) is 3.75. The molecule has 0 bridgehead atoms. The van der Waals surface area contributed by atoms with Crippen LogP contribution in [0.2, 0.25) is 0 Å². The average molecular weight is 251 g/mol. The molecule has 1 aliphatic rings. The van der Waals surface area contributed by atoms with Gasteiger partial charge in [0.05, 0.1) is 6.61 Å². The predicted octanol–water partition coefficient (Wildman–Crippen LogP) is 2.69. The van der Waals surface area contributed by atoms with E-state index >= 15 is 0 Å². The molecule has 1 N–H and O–H groups in total.